The van der Waals surface area contributed by atoms with Crippen LogP contribution in [0.4, 0.5) is 0 Å². The van der Waals surface area contributed by atoms with E-state index in [0.29, 0.717) is 11.8 Å². The zero-order valence-electron chi connectivity index (χ0n) is 29.6. The summed E-state index contributed by atoms with van der Waals surface area (Å²) in [6, 6.07) is 32.0. The van der Waals surface area contributed by atoms with Crippen molar-refractivity contribution >= 4 is 21.8 Å². The number of pyridine rings is 1. The first-order chi connectivity index (χ1) is 23.8. The molecule has 0 bridgehead atoms. The van der Waals surface area contributed by atoms with Gasteiger partial charge < -0.3 is 4.74 Å². The van der Waals surface area contributed by atoms with E-state index < -0.39 is 0 Å². The molecule has 3 aromatic heterocycles. The van der Waals surface area contributed by atoms with Crippen LogP contribution in [0.2, 0.25) is 0 Å². The Bertz CT molecular complexity index is 2220. The summed E-state index contributed by atoms with van der Waals surface area (Å²) in [5.74, 6) is 3.38. The third-order valence-corrected chi connectivity index (χ3v) is 9.81. The number of aryl methyl sites for hydroxylation is 2. The van der Waals surface area contributed by atoms with Gasteiger partial charge in [-0.05, 0) is 103 Å². The van der Waals surface area contributed by atoms with Crippen molar-refractivity contribution in [3.05, 3.63) is 132 Å². The molecule has 7 aromatic rings. The summed E-state index contributed by atoms with van der Waals surface area (Å²) in [4.78, 5) is 4.73. The number of aromatic nitrogens is 4. The van der Waals surface area contributed by atoms with Gasteiger partial charge in [0.15, 0.2) is 0 Å². The lowest BCUT2D eigenvalue weighted by Crippen LogP contribution is -2.04. The van der Waals surface area contributed by atoms with Crippen molar-refractivity contribution in [1.82, 2.24) is 19.3 Å². The highest BCUT2D eigenvalue weighted by atomic mass is 16.5. The molecule has 2 unspecified atom stereocenters. The monoisotopic (exact) mass is 646 g/mol. The molecule has 4 aromatic carbocycles. The van der Waals surface area contributed by atoms with Gasteiger partial charge in [0.05, 0.1) is 22.9 Å². The molecule has 0 amide bonds. The Labute approximate surface area is 290 Å². The number of ether oxygens (including phenoxy) is 1. The molecule has 7 rings (SSSR count). The van der Waals surface area contributed by atoms with Gasteiger partial charge in [-0.2, -0.15) is 5.10 Å². The second kappa shape index (κ2) is 13.8. The lowest BCUT2D eigenvalue weighted by Gasteiger charge is -2.23. The molecule has 0 saturated carbocycles. The summed E-state index contributed by atoms with van der Waals surface area (Å²) in [5.41, 5.74) is 11.1. The average molecular weight is 647 g/mol. The van der Waals surface area contributed by atoms with E-state index in [9.17, 15) is 0 Å². The minimum atomic E-state index is 0.477. The molecular formula is C44H46N4O. The smallest absolute Gasteiger partial charge is 0.137 e. The van der Waals surface area contributed by atoms with Gasteiger partial charge in [-0.25, -0.2) is 9.67 Å². The van der Waals surface area contributed by atoms with Crippen molar-refractivity contribution in [3.8, 4) is 34.1 Å². The summed E-state index contributed by atoms with van der Waals surface area (Å²) >= 11 is 0. The van der Waals surface area contributed by atoms with Crippen LogP contribution in [-0.4, -0.2) is 19.3 Å². The predicted octanol–water partition coefficient (Wildman–Crippen LogP) is 12.2. The van der Waals surface area contributed by atoms with E-state index in [1.807, 2.05) is 35.3 Å². The topological polar surface area (TPSA) is 44.9 Å². The van der Waals surface area contributed by atoms with Gasteiger partial charge in [-0.15, -0.1) is 0 Å². The second-order valence-electron chi connectivity index (χ2n) is 13.7. The molecule has 0 N–H and O–H groups in total. The fourth-order valence-electron chi connectivity index (χ4n) is 7.45. The van der Waals surface area contributed by atoms with Gasteiger partial charge in [-0.1, -0.05) is 82.5 Å². The van der Waals surface area contributed by atoms with E-state index in [4.69, 9.17) is 14.8 Å². The maximum atomic E-state index is 6.54. The van der Waals surface area contributed by atoms with E-state index in [-0.39, 0.29) is 0 Å². The van der Waals surface area contributed by atoms with Gasteiger partial charge in [0.2, 0.25) is 0 Å². The van der Waals surface area contributed by atoms with Crippen LogP contribution in [-0.2, 0) is 0 Å². The van der Waals surface area contributed by atoms with Gasteiger partial charge in [0.25, 0.3) is 0 Å². The maximum Gasteiger partial charge on any atom is 0.137 e. The lowest BCUT2D eigenvalue weighted by molar-refractivity contribution is 0.483. The zero-order valence-corrected chi connectivity index (χ0v) is 29.6. The molecule has 3 heterocycles. The van der Waals surface area contributed by atoms with Gasteiger partial charge in [-0.3, -0.25) is 4.57 Å². The lowest BCUT2D eigenvalue weighted by atomic mass is 9.81. The van der Waals surface area contributed by atoms with Crippen molar-refractivity contribution < 1.29 is 4.74 Å². The van der Waals surface area contributed by atoms with Crippen LogP contribution >= 0.6 is 0 Å². The summed E-state index contributed by atoms with van der Waals surface area (Å²) in [6.45, 7) is 13.6. The number of hydrogen-bond acceptors (Lipinski definition) is 3. The second-order valence-corrected chi connectivity index (χ2v) is 13.7. The molecule has 5 nitrogen and oxygen atoms in total. The Morgan fingerprint density at radius 2 is 1.41 bits per heavy atom. The van der Waals surface area contributed by atoms with Crippen LogP contribution in [0.25, 0.3) is 44.4 Å². The molecule has 2 atom stereocenters. The molecule has 5 heteroatoms. The van der Waals surface area contributed by atoms with Crippen LogP contribution < -0.4 is 4.74 Å². The van der Waals surface area contributed by atoms with Crippen molar-refractivity contribution in [3.63, 3.8) is 0 Å². The molecule has 248 valence electrons. The van der Waals surface area contributed by atoms with Crippen LogP contribution in [0, 0.1) is 13.8 Å². The van der Waals surface area contributed by atoms with E-state index in [1.165, 1.54) is 69.8 Å². The summed E-state index contributed by atoms with van der Waals surface area (Å²) in [6.07, 6.45) is 10.8. The predicted molar refractivity (Wildman–Crippen MR) is 204 cm³/mol. The maximum absolute atomic E-state index is 6.54. The first-order valence-electron chi connectivity index (χ1n) is 17.8. The van der Waals surface area contributed by atoms with E-state index in [1.54, 1.807) is 0 Å². The molecule has 0 saturated heterocycles. The first-order valence-corrected chi connectivity index (χ1v) is 17.8. The molecule has 49 heavy (non-hydrogen) atoms. The number of nitrogens with zero attached hydrogens (tertiary/aromatic N) is 4. The molecule has 0 spiro atoms. The molecule has 0 radical (unpaired) electrons. The Morgan fingerprint density at radius 1 is 0.694 bits per heavy atom. The highest BCUT2D eigenvalue weighted by Gasteiger charge is 2.21. The zero-order chi connectivity index (χ0) is 34.1. The number of rotatable bonds is 11. The van der Waals surface area contributed by atoms with E-state index in [0.717, 1.165) is 34.0 Å². The van der Waals surface area contributed by atoms with Crippen molar-refractivity contribution in [1.29, 1.82) is 0 Å². The third kappa shape index (κ3) is 6.38. The average Bonchev–Trinajstić information content (AvgIpc) is 3.71. The Kier molecular flexibility index (Phi) is 9.09. The minimum Gasteiger partial charge on any atom is -0.457 e. The van der Waals surface area contributed by atoms with E-state index >= 15 is 0 Å². The Balaban J connectivity index is 1.24. The first kappa shape index (κ1) is 32.4. The summed E-state index contributed by atoms with van der Waals surface area (Å²) in [5, 5.41) is 7.25. The Hall–Kier alpha value is -5.16. The SMILES string of the molecule is CCCC(C)c1cc(C)cc(C(C)CCC)c1-c1cnn(-c2cccc(Oc3ccc4c5ccccc5n(-c5cc(C)ccn5)c4c3)c2)c1. The van der Waals surface area contributed by atoms with Crippen LogP contribution in [0.3, 0.4) is 0 Å². The number of fused-ring (bicyclic) bond motifs is 3. The van der Waals surface area contributed by atoms with Crippen molar-refractivity contribution in [2.24, 2.45) is 0 Å². The van der Waals surface area contributed by atoms with Crippen molar-refractivity contribution in [2.45, 2.75) is 79.1 Å². The largest absolute Gasteiger partial charge is 0.457 e. The molecule has 0 aliphatic rings. The van der Waals surface area contributed by atoms with Gasteiger partial charge >= 0.3 is 0 Å². The fraction of sp³-hybridized carbons (Fsp3) is 0.273. The highest BCUT2D eigenvalue weighted by Crippen LogP contribution is 2.40. The quantitative estimate of drug-likeness (QED) is 0.140. The van der Waals surface area contributed by atoms with Crippen molar-refractivity contribution in [2.75, 3.05) is 0 Å². The summed E-state index contributed by atoms with van der Waals surface area (Å²) < 4.78 is 10.7. The third-order valence-electron chi connectivity index (χ3n) is 9.81. The van der Waals surface area contributed by atoms with Gasteiger partial charge in [0, 0.05) is 40.9 Å². The summed E-state index contributed by atoms with van der Waals surface area (Å²) in [7, 11) is 0. The number of para-hydroxylation sites is 1. The van der Waals surface area contributed by atoms with Gasteiger partial charge in [0.1, 0.15) is 17.3 Å². The number of hydrogen-bond donors (Lipinski definition) is 0. The molecular weight excluding hydrogens is 601 g/mol. The van der Waals surface area contributed by atoms with Crippen LogP contribution in [0.15, 0.2) is 110 Å². The normalized spacial score (nSPS) is 12.9. The Morgan fingerprint density at radius 3 is 2.14 bits per heavy atom. The number of benzene rings is 4. The molecule has 0 aliphatic heterocycles. The van der Waals surface area contributed by atoms with E-state index in [2.05, 4.69) is 125 Å². The van der Waals surface area contributed by atoms with Crippen LogP contribution in [0.5, 0.6) is 11.5 Å². The fourth-order valence-corrected chi connectivity index (χ4v) is 7.45. The molecule has 0 aliphatic carbocycles. The van der Waals surface area contributed by atoms with Crippen LogP contribution in [0.1, 0.15) is 87.5 Å². The minimum absolute atomic E-state index is 0.477. The highest BCUT2D eigenvalue weighted by molar-refractivity contribution is 6.09. The standard InChI is InChI=1S/C44H46N4O/c1-7-12-31(5)39-22-30(4)23-40(32(6)13-8-2)44(39)33-27-46-47(28-33)34-14-11-15-35(25-34)49-36-18-19-38-37-16-9-10-17-41(37)48(42(38)26-36)43-24-29(3)20-21-45-43/h9-11,14-28,31-32H,7-8,12-13H2,1-6H3. The molecule has 0 fully saturated rings.